The molecule has 3 heterocycles. The molecule has 1 N–H and O–H groups in total. The number of hydrogen-bond acceptors (Lipinski definition) is 4. The lowest BCUT2D eigenvalue weighted by Gasteiger charge is -2.41. The Kier molecular flexibility index (Phi) is 4.54. The van der Waals surface area contributed by atoms with Gasteiger partial charge in [0.2, 0.25) is 5.91 Å². The molecule has 0 radical (unpaired) electrons. The number of piperidine rings is 1. The first kappa shape index (κ1) is 18.2. The number of benzene rings is 1. The molecule has 3 aliphatic rings. The van der Waals surface area contributed by atoms with E-state index in [1.165, 1.54) is 11.3 Å². The average Bonchev–Trinajstić information content (AvgIpc) is 3.21. The van der Waals surface area contributed by atoms with Crippen molar-refractivity contribution in [3.63, 3.8) is 0 Å². The van der Waals surface area contributed by atoms with Crippen LogP contribution in [0, 0.1) is 11.3 Å². The molecule has 4 rings (SSSR count). The van der Waals surface area contributed by atoms with Crippen molar-refractivity contribution < 1.29 is 14.4 Å². The van der Waals surface area contributed by atoms with Gasteiger partial charge in [-0.15, -0.1) is 0 Å². The van der Waals surface area contributed by atoms with Crippen LogP contribution in [0.1, 0.15) is 53.8 Å². The Morgan fingerprint density at radius 2 is 1.63 bits per heavy atom. The lowest BCUT2D eigenvalue weighted by molar-refractivity contribution is -0.139. The molecule has 144 valence electrons. The molecule has 0 saturated carbocycles. The first-order chi connectivity index (χ1) is 12.9. The predicted molar refractivity (Wildman–Crippen MR) is 101 cm³/mol. The summed E-state index contributed by atoms with van der Waals surface area (Å²) in [7, 11) is 0. The van der Waals surface area contributed by atoms with Crippen LogP contribution in [0.15, 0.2) is 24.3 Å². The highest BCUT2D eigenvalue weighted by atomic mass is 16.2. The van der Waals surface area contributed by atoms with E-state index in [9.17, 15) is 14.4 Å². The first-order valence-electron chi connectivity index (χ1n) is 9.90. The normalized spacial score (nSPS) is 22.6. The van der Waals surface area contributed by atoms with Crippen molar-refractivity contribution in [2.75, 3.05) is 26.2 Å². The molecule has 3 amide bonds. The molecule has 27 heavy (non-hydrogen) atoms. The Labute approximate surface area is 159 Å². The average molecular weight is 369 g/mol. The standard InChI is InChI=1S/C21H27N3O3/c1-14(2)17(24-18(25)15-5-3-4-6-16(15)19(24)26)20(27)23-11-8-21(9-12-23)7-10-22-13-21/h3-6,14,17,22H,7-13H2,1-2H3. The summed E-state index contributed by atoms with van der Waals surface area (Å²) in [6.45, 7) is 7.29. The maximum Gasteiger partial charge on any atom is 0.262 e. The van der Waals surface area contributed by atoms with E-state index in [-0.39, 0.29) is 23.6 Å². The summed E-state index contributed by atoms with van der Waals surface area (Å²) < 4.78 is 0. The summed E-state index contributed by atoms with van der Waals surface area (Å²) in [4.78, 5) is 42.1. The van der Waals surface area contributed by atoms with Crippen LogP contribution < -0.4 is 5.32 Å². The van der Waals surface area contributed by atoms with Crippen molar-refractivity contribution in [1.82, 2.24) is 15.1 Å². The molecular weight excluding hydrogens is 342 g/mol. The zero-order valence-corrected chi connectivity index (χ0v) is 16.0. The molecule has 0 bridgehead atoms. The molecule has 6 heteroatoms. The van der Waals surface area contributed by atoms with Crippen LogP contribution in [0.5, 0.6) is 0 Å². The number of imide groups is 1. The maximum absolute atomic E-state index is 13.3. The van der Waals surface area contributed by atoms with Gasteiger partial charge in [-0.1, -0.05) is 26.0 Å². The molecule has 2 saturated heterocycles. The quantitative estimate of drug-likeness (QED) is 0.827. The molecule has 0 aromatic heterocycles. The highest BCUT2D eigenvalue weighted by molar-refractivity contribution is 6.22. The molecule has 1 spiro atoms. The van der Waals surface area contributed by atoms with Crippen molar-refractivity contribution in [3.05, 3.63) is 35.4 Å². The number of rotatable bonds is 3. The minimum atomic E-state index is -0.742. The molecule has 1 atom stereocenters. The highest BCUT2D eigenvalue weighted by Crippen LogP contribution is 2.37. The lowest BCUT2D eigenvalue weighted by Crippen LogP contribution is -2.55. The molecule has 1 aromatic rings. The van der Waals surface area contributed by atoms with Gasteiger partial charge in [0.05, 0.1) is 11.1 Å². The number of fused-ring (bicyclic) bond motifs is 1. The number of likely N-dealkylation sites (tertiary alicyclic amines) is 1. The highest BCUT2D eigenvalue weighted by Gasteiger charge is 2.46. The van der Waals surface area contributed by atoms with Crippen molar-refractivity contribution in [2.24, 2.45) is 11.3 Å². The van der Waals surface area contributed by atoms with E-state index in [1.54, 1.807) is 24.3 Å². The van der Waals surface area contributed by atoms with Crippen LogP contribution in [0.25, 0.3) is 0 Å². The van der Waals surface area contributed by atoms with Gasteiger partial charge in [0, 0.05) is 19.6 Å². The van der Waals surface area contributed by atoms with Crippen molar-refractivity contribution >= 4 is 17.7 Å². The van der Waals surface area contributed by atoms with Crippen LogP contribution in [0.3, 0.4) is 0 Å². The van der Waals surface area contributed by atoms with E-state index in [2.05, 4.69) is 5.32 Å². The van der Waals surface area contributed by atoms with Crippen molar-refractivity contribution in [2.45, 2.75) is 39.2 Å². The molecule has 1 unspecified atom stereocenters. The summed E-state index contributed by atoms with van der Waals surface area (Å²) in [5.41, 5.74) is 1.12. The molecule has 1 aromatic carbocycles. The number of carbonyl (C=O) groups is 3. The van der Waals surface area contributed by atoms with Gasteiger partial charge in [0.15, 0.2) is 0 Å². The fourth-order valence-electron chi connectivity index (χ4n) is 4.77. The fourth-order valence-corrected chi connectivity index (χ4v) is 4.77. The van der Waals surface area contributed by atoms with Crippen molar-refractivity contribution in [3.8, 4) is 0 Å². The topological polar surface area (TPSA) is 69.7 Å². The lowest BCUT2D eigenvalue weighted by atomic mass is 9.77. The third-order valence-electron chi connectivity index (χ3n) is 6.46. The number of carbonyl (C=O) groups excluding carboxylic acids is 3. The van der Waals surface area contributed by atoms with Crippen molar-refractivity contribution in [1.29, 1.82) is 0 Å². The molecule has 2 fully saturated rings. The number of hydrogen-bond donors (Lipinski definition) is 1. The van der Waals surface area contributed by atoms with E-state index in [1.807, 2.05) is 18.7 Å². The SMILES string of the molecule is CC(C)C(C(=O)N1CCC2(CCNC2)CC1)N1C(=O)c2ccccc2C1=O. The summed E-state index contributed by atoms with van der Waals surface area (Å²) in [5.74, 6) is -0.934. The minimum Gasteiger partial charge on any atom is -0.341 e. The Hall–Kier alpha value is -2.21. The summed E-state index contributed by atoms with van der Waals surface area (Å²) in [6.07, 6.45) is 3.14. The smallest absolute Gasteiger partial charge is 0.262 e. The zero-order valence-electron chi connectivity index (χ0n) is 16.0. The van der Waals surface area contributed by atoms with Gasteiger partial charge in [-0.3, -0.25) is 19.3 Å². The van der Waals surface area contributed by atoms with E-state index in [4.69, 9.17) is 0 Å². The number of nitrogens with zero attached hydrogens (tertiary/aromatic N) is 2. The van der Waals surface area contributed by atoms with Crippen LogP contribution >= 0.6 is 0 Å². The second-order valence-corrected chi connectivity index (χ2v) is 8.47. The van der Waals surface area contributed by atoms with Gasteiger partial charge < -0.3 is 10.2 Å². The maximum atomic E-state index is 13.3. The Morgan fingerprint density at radius 1 is 1.04 bits per heavy atom. The minimum absolute atomic E-state index is 0.0969. The van der Waals surface area contributed by atoms with E-state index in [0.29, 0.717) is 29.6 Å². The second-order valence-electron chi connectivity index (χ2n) is 8.47. The van der Waals surface area contributed by atoms with Crippen LogP contribution in [0.4, 0.5) is 0 Å². The predicted octanol–water partition coefficient (Wildman–Crippen LogP) is 1.91. The third-order valence-corrected chi connectivity index (χ3v) is 6.46. The van der Waals surface area contributed by atoms with Crippen LogP contribution in [-0.4, -0.2) is 59.7 Å². The summed E-state index contributed by atoms with van der Waals surface area (Å²) in [5, 5.41) is 3.43. The third kappa shape index (κ3) is 2.96. The van der Waals surface area contributed by atoms with E-state index in [0.717, 1.165) is 25.9 Å². The van der Waals surface area contributed by atoms with Gasteiger partial charge in [-0.05, 0) is 49.3 Å². The molecular formula is C21H27N3O3. The second kappa shape index (κ2) is 6.75. The Bertz CT molecular complexity index is 738. The Balaban J connectivity index is 1.54. The van der Waals surface area contributed by atoms with Gasteiger partial charge in [-0.25, -0.2) is 0 Å². The van der Waals surface area contributed by atoms with Crippen LogP contribution in [-0.2, 0) is 4.79 Å². The van der Waals surface area contributed by atoms with E-state index >= 15 is 0 Å². The van der Waals surface area contributed by atoms with Gasteiger partial charge in [0.25, 0.3) is 11.8 Å². The molecule has 0 aliphatic carbocycles. The van der Waals surface area contributed by atoms with Gasteiger partial charge >= 0.3 is 0 Å². The van der Waals surface area contributed by atoms with E-state index < -0.39 is 6.04 Å². The van der Waals surface area contributed by atoms with Crippen LogP contribution in [0.2, 0.25) is 0 Å². The molecule has 3 aliphatic heterocycles. The zero-order chi connectivity index (χ0) is 19.2. The van der Waals surface area contributed by atoms with Gasteiger partial charge in [-0.2, -0.15) is 0 Å². The number of nitrogens with one attached hydrogen (secondary N) is 1. The number of amides is 3. The Morgan fingerprint density at radius 3 is 2.11 bits per heavy atom. The monoisotopic (exact) mass is 369 g/mol. The fraction of sp³-hybridized carbons (Fsp3) is 0.571. The van der Waals surface area contributed by atoms with Gasteiger partial charge in [0.1, 0.15) is 6.04 Å². The largest absolute Gasteiger partial charge is 0.341 e. The summed E-state index contributed by atoms with van der Waals surface area (Å²) >= 11 is 0. The molecule has 6 nitrogen and oxygen atoms in total. The summed E-state index contributed by atoms with van der Waals surface area (Å²) in [6, 6.07) is 6.08. The first-order valence-corrected chi connectivity index (χ1v) is 9.90.